The van der Waals surface area contributed by atoms with Gasteiger partial charge in [0.05, 0.1) is 13.7 Å². The van der Waals surface area contributed by atoms with Crippen LogP contribution in [0.1, 0.15) is 29.3 Å². The molecule has 0 spiro atoms. The Labute approximate surface area is 106 Å². The summed E-state index contributed by atoms with van der Waals surface area (Å²) in [6, 6.07) is 0.659. The van der Waals surface area contributed by atoms with Gasteiger partial charge in [-0.25, -0.2) is 13.6 Å². The van der Waals surface area contributed by atoms with Crippen molar-refractivity contribution in [2.75, 3.05) is 13.7 Å². The number of carbonyl (C=O) groups is 1. The van der Waals surface area contributed by atoms with Gasteiger partial charge in [0, 0.05) is 4.98 Å². The van der Waals surface area contributed by atoms with Gasteiger partial charge < -0.3 is 19.6 Å². The summed E-state index contributed by atoms with van der Waals surface area (Å²) < 4.78 is 34.7. The highest BCUT2D eigenvalue weighted by molar-refractivity contribution is 5.92. The van der Waals surface area contributed by atoms with Crippen LogP contribution in [-0.2, 0) is 4.74 Å². The Morgan fingerprint density at radius 2 is 2.21 bits per heavy atom. The normalized spacial score (nSPS) is 10.4. The molecule has 1 aromatic heterocycles. The molecule has 1 aromatic rings. The highest BCUT2D eigenvalue weighted by Crippen LogP contribution is 2.32. The van der Waals surface area contributed by atoms with Gasteiger partial charge in [0.1, 0.15) is 11.1 Å². The van der Waals surface area contributed by atoms with E-state index in [2.05, 4.69) is 14.5 Å². The standard InChI is InChI=1S/C10H10F2N2O5/c1-3-19-10(15)6-4-5(7(11)12)8(14(16)17)13-9(6)18-2/h4,7H,3H2,1-2H3. The molecule has 0 aliphatic heterocycles. The van der Waals surface area contributed by atoms with E-state index in [9.17, 15) is 23.7 Å². The second-order valence-electron chi connectivity index (χ2n) is 3.24. The largest absolute Gasteiger partial charge is 0.462 e. The SMILES string of the molecule is CCOC(=O)c1cc(C(F)F)c([N+](=O)[O-])nc1OC. The van der Waals surface area contributed by atoms with Crippen molar-refractivity contribution in [1.29, 1.82) is 0 Å². The predicted octanol–water partition coefficient (Wildman–Crippen LogP) is 2.11. The molecule has 0 amide bonds. The summed E-state index contributed by atoms with van der Waals surface area (Å²) in [5.41, 5.74) is -1.35. The molecule has 0 aliphatic rings. The number of rotatable bonds is 5. The van der Waals surface area contributed by atoms with E-state index in [1.807, 2.05) is 0 Å². The maximum Gasteiger partial charge on any atom is 0.376 e. The van der Waals surface area contributed by atoms with Crippen molar-refractivity contribution in [1.82, 2.24) is 4.98 Å². The van der Waals surface area contributed by atoms with Crippen LogP contribution in [0, 0.1) is 10.1 Å². The second-order valence-corrected chi connectivity index (χ2v) is 3.24. The summed E-state index contributed by atoms with van der Waals surface area (Å²) in [6.07, 6.45) is -3.15. The number of alkyl halides is 2. The molecule has 1 rings (SSSR count). The third kappa shape index (κ3) is 3.12. The molecule has 9 heteroatoms. The topological polar surface area (TPSA) is 91.6 Å². The van der Waals surface area contributed by atoms with Gasteiger partial charge in [-0.05, 0) is 17.9 Å². The molecule has 104 valence electrons. The Morgan fingerprint density at radius 1 is 1.58 bits per heavy atom. The summed E-state index contributed by atoms with van der Waals surface area (Å²) in [5, 5.41) is 10.6. The number of methoxy groups -OCH3 is 1. The lowest BCUT2D eigenvalue weighted by Gasteiger charge is -2.07. The number of halogens is 2. The van der Waals surface area contributed by atoms with Crippen molar-refractivity contribution in [3.63, 3.8) is 0 Å². The minimum Gasteiger partial charge on any atom is -0.462 e. The first-order chi connectivity index (χ1) is 8.92. The van der Waals surface area contributed by atoms with E-state index in [0.29, 0.717) is 6.07 Å². The molecule has 1 heterocycles. The highest BCUT2D eigenvalue weighted by Gasteiger charge is 2.31. The number of nitrogens with zero attached hydrogens (tertiary/aromatic N) is 2. The van der Waals surface area contributed by atoms with Gasteiger partial charge >= 0.3 is 17.7 Å². The summed E-state index contributed by atoms with van der Waals surface area (Å²) >= 11 is 0. The molecule has 0 unspecified atom stereocenters. The summed E-state index contributed by atoms with van der Waals surface area (Å²) in [6.45, 7) is 1.54. The molecular weight excluding hydrogens is 266 g/mol. The van der Waals surface area contributed by atoms with Crippen molar-refractivity contribution >= 4 is 11.8 Å². The van der Waals surface area contributed by atoms with Crippen LogP contribution in [0.25, 0.3) is 0 Å². The monoisotopic (exact) mass is 276 g/mol. The van der Waals surface area contributed by atoms with Crippen molar-refractivity contribution in [2.45, 2.75) is 13.3 Å². The van der Waals surface area contributed by atoms with Crippen LogP contribution in [0.5, 0.6) is 5.88 Å². The van der Waals surface area contributed by atoms with Crippen LogP contribution < -0.4 is 4.74 Å². The zero-order valence-electron chi connectivity index (χ0n) is 10.1. The van der Waals surface area contributed by atoms with E-state index in [4.69, 9.17) is 0 Å². The van der Waals surface area contributed by atoms with E-state index in [1.165, 1.54) is 6.92 Å². The number of esters is 1. The maximum atomic E-state index is 12.7. The fourth-order valence-corrected chi connectivity index (χ4v) is 1.32. The average Bonchev–Trinajstić information content (AvgIpc) is 2.37. The minimum absolute atomic E-state index is 0.0169. The summed E-state index contributed by atoms with van der Waals surface area (Å²) in [5.74, 6) is -2.43. The Balaban J connectivity index is 3.43. The zero-order chi connectivity index (χ0) is 14.6. The van der Waals surface area contributed by atoms with Gasteiger partial charge in [-0.15, -0.1) is 0 Å². The lowest BCUT2D eigenvalue weighted by atomic mass is 10.2. The number of hydrogen-bond acceptors (Lipinski definition) is 6. The van der Waals surface area contributed by atoms with Gasteiger partial charge in [0.15, 0.2) is 0 Å². The smallest absolute Gasteiger partial charge is 0.376 e. The number of aromatic nitrogens is 1. The van der Waals surface area contributed by atoms with E-state index >= 15 is 0 Å². The number of hydrogen-bond donors (Lipinski definition) is 0. The highest BCUT2D eigenvalue weighted by atomic mass is 19.3. The van der Waals surface area contributed by atoms with Gasteiger partial charge in [-0.1, -0.05) is 0 Å². The maximum absolute atomic E-state index is 12.7. The van der Waals surface area contributed by atoms with Gasteiger partial charge in [-0.2, -0.15) is 0 Å². The fraction of sp³-hybridized carbons (Fsp3) is 0.400. The zero-order valence-corrected chi connectivity index (χ0v) is 10.1. The first-order valence-electron chi connectivity index (χ1n) is 5.10. The first kappa shape index (κ1) is 14.7. The number of pyridine rings is 1. The van der Waals surface area contributed by atoms with E-state index in [1.54, 1.807) is 0 Å². The molecule has 0 atom stereocenters. The molecule has 0 fully saturated rings. The first-order valence-corrected chi connectivity index (χ1v) is 5.10. The molecular formula is C10H10F2N2O5. The van der Waals surface area contributed by atoms with Crippen LogP contribution in [-0.4, -0.2) is 29.6 Å². The molecule has 0 saturated carbocycles. The quantitative estimate of drug-likeness (QED) is 0.464. The Kier molecular flexibility index (Phi) is 4.67. The molecule has 0 N–H and O–H groups in total. The van der Waals surface area contributed by atoms with Gasteiger partial charge in [0.25, 0.3) is 6.43 Å². The van der Waals surface area contributed by atoms with Crippen LogP contribution in [0.3, 0.4) is 0 Å². The average molecular weight is 276 g/mol. The van der Waals surface area contributed by atoms with Crippen LogP contribution in [0.4, 0.5) is 14.6 Å². The Hall–Kier alpha value is -2.32. The van der Waals surface area contributed by atoms with Crippen LogP contribution >= 0.6 is 0 Å². The van der Waals surface area contributed by atoms with E-state index in [0.717, 1.165) is 7.11 Å². The fourth-order valence-electron chi connectivity index (χ4n) is 1.32. The molecule has 0 saturated heterocycles. The second kappa shape index (κ2) is 6.03. The lowest BCUT2D eigenvalue weighted by molar-refractivity contribution is -0.391. The number of ether oxygens (including phenoxy) is 2. The molecule has 0 aromatic carbocycles. The minimum atomic E-state index is -3.15. The predicted molar refractivity (Wildman–Crippen MR) is 58.4 cm³/mol. The lowest BCUT2D eigenvalue weighted by Crippen LogP contribution is -2.11. The van der Waals surface area contributed by atoms with E-state index < -0.39 is 34.6 Å². The third-order valence-corrected chi connectivity index (χ3v) is 2.09. The third-order valence-electron chi connectivity index (χ3n) is 2.09. The van der Waals surface area contributed by atoms with Crippen LogP contribution in [0.2, 0.25) is 0 Å². The van der Waals surface area contributed by atoms with E-state index in [-0.39, 0.29) is 12.2 Å². The van der Waals surface area contributed by atoms with Gasteiger partial charge in [-0.3, -0.25) is 0 Å². The summed E-state index contributed by atoms with van der Waals surface area (Å²) in [7, 11) is 1.11. The molecule has 0 radical (unpaired) electrons. The number of carbonyl (C=O) groups excluding carboxylic acids is 1. The molecule has 19 heavy (non-hydrogen) atoms. The van der Waals surface area contributed by atoms with Crippen molar-refractivity contribution in [3.05, 3.63) is 27.3 Å². The summed E-state index contributed by atoms with van der Waals surface area (Å²) in [4.78, 5) is 24.4. The van der Waals surface area contributed by atoms with Crippen molar-refractivity contribution in [3.8, 4) is 5.88 Å². The molecule has 0 bridgehead atoms. The van der Waals surface area contributed by atoms with Gasteiger partial charge in [0.2, 0.25) is 0 Å². The molecule has 0 aliphatic carbocycles. The van der Waals surface area contributed by atoms with Crippen molar-refractivity contribution < 1.29 is 28.0 Å². The van der Waals surface area contributed by atoms with Crippen LogP contribution in [0.15, 0.2) is 6.07 Å². The van der Waals surface area contributed by atoms with Crippen molar-refractivity contribution in [2.24, 2.45) is 0 Å². The molecule has 7 nitrogen and oxygen atoms in total. The Bertz CT molecular complexity index is 507. The number of nitro groups is 1. The Morgan fingerprint density at radius 3 is 2.63 bits per heavy atom.